The number of ether oxygens (including phenoxy) is 1. The van der Waals surface area contributed by atoms with Crippen LogP contribution in [0.2, 0.25) is 0 Å². The maximum Gasteiger partial charge on any atom is 0.167 e. The van der Waals surface area contributed by atoms with Crippen LogP contribution in [0.5, 0.6) is 11.5 Å². The van der Waals surface area contributed by atoms with Crippen molar-refractivity contribution in [3.63, 3.8) is 0 Å². The molecule has 0 aliphatic carbocycles. The van der Waals surface area contributed by atoms with Crippen molar-refractivity contribution in [3.05, 3.63) is 59.2 Å². The first-order valence-electron chi connectivity index (χ1n) is 5.97. The van der Waals surface area contributed by atoms with Gasteiger partial charge in [-0.2, -0.15) is 0 Å². The van der Waals surface area contributed by atoms with Crippen LogP contribution in [0.15, 0.2) is 36.4 Å². The molecule has 2 rings (SSSR count). The van der Waals surface area contributed by atoms with E-state index in [0.29, 0.717) is 5.56 Å². The maximum absolute atomic E-state index is 13.8. The van der Waals surface area contributed by atoms with Gasteiger partial charge in [-0.3, -0.25) is 0 Å². The standard InChI is InChI=1S/C15H15F2NO/c1-9-6-7-12(16)14(8-9)19-15-11(10(2)18)4-3-5-13(15)17/h3-8,10H,18H2,1-2H3/t10-/m1/s1. The molecule has 1 atom stereocenters. The summed E-state index contributed by atoms with van der Waals surface area (Å²) in [6.07, 6.45) is 0. The molecule has 100 valence electrons. The zero-order valence-electron chi connectivity index (χ0n) is 10.8. The van der Waals surface area contributed by atoms with Crippen LogP contribution in [0, 0.1) is 18.6 Å². The molecule has 0 amide bonds. The normalized spacial score (nSPS) is 12.3. The number of aryl methyl sites for hydroxylation is 1. The molecule has 0 fully saturated rings. The number of nitrogens with two attached hydrogens (primary N) is 1. The van der Waals surface area contributed by atoms with Crippen molar-refractivity contribution in [2.24, 2.45) is 5.73 Å². The Morgan fingerprint density at radius 3 is 2.53 bits per heavy atom. The van der Waals surface area contributed by atoms with E-state index in [0.717, 1.165) is 5.56 Å². The molecule has 0 aliphatic heterocycles. The second-order valence-electron chi connectivity index (χ2n) is 4.48. The van der Waals surface area contributed by atoms with Crippen molar-refractivity contribution in [3.8, 4) is 11.5 Å². The van der Waals surface area contributed by atoms with Gasteiger partial charge >= 0.3 is 0 Å². The predicted molar refractivity (Wildman–Crippen MR) is 70.2 cm³/mol. The molecule has 0 aromatic heterocycles. The molecule has 0 bridgehead atoms. The molecule has 0 saturated carbocycles. The molecule has 0 unspecified atom stereocenters. The minimum atomic E-state index is -0.560. The fraction of sp³-hybridized carbons (Fsp3) is 0.200. The van der Waals surface area contributed by atoms with Crippen LogP contribution in [0.1, 0.15) is 24.1 Å². The van der Waals surface area contributed by atoms with Gasteiger partial charge in [0.15, 0.2) is 23.1 Å². The first-order chi connectivity index (χ1) is 8.99. The molecule has 19 heavy (non-hydrogen) atoms. The van der Waals surface area contributed by atoms with Crippen molar-refractivity contribution >= 4 is 0 Å². The van der Waals surface area contributed by atoms with Gasteiger partial charge in [0, 0.05) is 11.6 Å². The molecule has 0 radical (unpaired) electrons. The molecule has 2 aromatic rings. The predicted octanol–water partition coefficient (Wildman–Crippen LogP) is 4.09. The highest BCUT2D eigenvalue weighted by Gasteiger charge is 2.15. The number of halogens is 2. The second-order valence-corrected chi connectivity index (χ2v) is 4.48. The van der Waals surface area contributed by atoms with Gasteiger partial charge in [-0.05, 0) is 37.6 Å². The largest absolute Gasteiger partial charge is 0.451 e. The molecule has 0 heterocycles. The highest BCUT2D eigenvalue weighted by Crippen LogP contribution is 2.33. The summed E-state index contributed by atoms with van der Waals surface area (Å²) in [4.78, 5) is 0. The second kappa shape index (κ2) is 5.36. The smallest absolute Gasteiger partial charge is 0.167 e. The van der Waals surface area contributed by atoms with E-state index in [1.807, 2.05) is 0 Å². The first-order valence-corrected chi connectivity index (χ1v) is 5.97. The lowest BCUT2D eigenvalue weighted by atomic mass is 10.1. The van der Waals surface area contributed by atoms with Gasteiger partial charge in [0.25, 0.3) is 0 Å². The van der Waals surface area contributed by atoms with Gasteiger partial charge < -0.3 is 10.5 Å². The van der Waals surface area contributed by atoms with Crippen LogP contribution in [-0.4, -0.2) is 0 Å². The average Bonchev–Trinajstić information content (AvgIpc) is 2.35. The molecule has 0 aliphatic rings. The third kappa shape index (κ3) is 2.90. The van der Waals surface area contributed by atoms with Crippen LogP contribution in [0.3, 0.4) is 0 Å². The summed E-state index contributed by atoms with van der Waals surface area (Å²) in [7, 11) is 0. The van der Waals surface area contributed by atoms with E-state index < -0.39 is 17.7 Å². The van der Waals surface area contributed by atoms with Gasteiger partial charge in [-0.15, -0.1) is 0 Å². The fourth-order valence-electron chi connectivity index (χ4n) is 1.79. The Morgan fingerprint density at radius 1 is 1.11 bits per heavy atom. The summed E-state index contributed by atoms with van der Waals surface area (Å²) in [5, 5.41) is 0. The summed E-state index contributed by atoms with van der Waals surface area (Å²) in [5.41, 5.74) is 7.09. The molecule has 0 spiro atoms. The van der Waals surface area contributed by atoms with Gasteiger partial charge in [-0.1, -0.05) is 18.2 Å². The summed E-state index contributed by atoms with van der Waals surface area (Å²) in [6, 6.07) is 8.50. The molecule has 4 heteroatoms. The van der Waals surface area contributed by atoms with Crippen LogP contribution in [0.4, 0.5) is 8.78 Å². The lowest BCUT2D eigenvalue weighted by Crippen LogP contribution is -2.08. The van der Waals surface area contributed by atoms with E-state index in [4.69, 9.17) is 10.5 Å². The topological polar surface area (TPSA) is 35.2 Å². The third-order valence-electron chi connectivity index (χ3n) is 2.79. The third-order valence-corrected chi connectivity index (χ3v) is 2.79. The molecule has 2 nitrogen and oxygen atoms in total. The number of benzene rings is 2. The fourth-order valence-corrected chi connectivity index (χ4v) is 1.79. The lowest BCUT2D eigenvalue weighted by Gasteiger charge is -2.15. The minimum Gasteiger partial charge on any atom is -0.451 e. The van der Waals surface area contributed by atoms with E-state index in [9.17, 15) is 8.78 Å². The Hall–Kier alpha value is -1.94. The number of rotatable bonds is 3. The SMILES string of the molecule is Cc1ccc(F)c(Oc2c(F)cccc2[C@@H](C)N)c1. The zero-order valence-corrected chi connectivity index (χ0v) is 10.8. The average molecular weight is 263 g/mol. The van der Waals surface area contributed by atoms with E-state index in [1.165, 1.54) is 18.2 Å². The van der Waals surface area contributed by atoms with E-state index in [1.54, 1.807) is 32.0 Å². The van der Waals surface area contributed by atoms with E-state index in [2.05, 4.69) is 0 Å². The number of hydrogen-bond acceptors (Lipinski definition) is 2. The van der Waals surface area contributed by atoms with Gasteiger partial charge in [0.05, 0.1) is 0 Å². The Bertz CT molecular complexity index is 597. The Balaban J connectivity index is 2.46. The Labute approximate surface area is 110 Å². The highest BCUT2D eigenvalue weighted by atomic mass is 19.1. The monoisotopic (exact) mass is 263 g/mol. The van der Waals surface area contributed by atoms with E-state index >= 15 is 0 Å². The molecular weight excluding hydrogens is 248 g/mol. The summed E-state index contributed by atoms with van der Waals surface area (Å²) in [6.45, 7) is 3.52. The van der Waals surface area contributed by atoms with Crippen LogP contribution >= 0.6 is 0 Å². The summed E-state index contributed by atoms with van der Waals surface area (Å²) >= 11 is 0. The van der Waals surface area contributed by atoms with Crippen LogP contribution in [-0.2, 0) is 0 Å². The van der Waals surface area contributed by atoms with Gasteiger partial charge in [0.1, 0.15) is 0 Å². The molecule has 2 N–H and O–H groups in total. The highest BCUT2D eigenvalue weighted by molar-refractivity contribution is 5.41. The van der Waals surface area contributed by atoms with Gasteiger partial charge in [0.2, 0.25) is 0 Å². The number of hydrogen-bond donors (Lipinski definition) is 1. The van der Waals surface area contributed by atoms with Crippen molar-refractivity contribution in [2.75, 3.05) is 0 Å². The van der Waals surface area contributed by atoms with Crippen molar-refractivity contribution in [1.29, 1.82) is 0 Å². The Morgan fingerprint density at radius 2 is 1.84 bits per heavy atom. The van der Waals surface area contributed by atoms with Crippen molar-refractivity contribution < 1.29 is 13.5 Å². The number of para-hydroxylation sites is 1. The molecule has 0 saturated heterocycles. The van der Waals surface area contributed by atoms with Crippen LogP contribution in [0.25, 0.3) is 0 Å². The maximum atomic E-state index is 13.8. The minimum absolute atomic E-state index is 0.00741. The van der Waals surface area contributed by atoms with Crippen LogP contribution < -0.4 is 10.5 Å². The molecular formula is C15H15F2NO. The quantitative estimate of drug-likeness (QED) is 0.905. The molecule has 2 aromatic carbocycles. The summed E-state index contributed by atoms with van der Waals surface area (Å²) < 4.78 is 32.8. The first kappa shape index (κ1) is 13.5. The van der Waals surface area contributed by atoms with Crippen molar-refractivity contribution in [1.82, 2.24) is 0 Å². The lowest BCUT2D eigenvalue weighted by molar-refractivity contribution is 0.407. The van der Waals surface area contributed by atoms with Crippen molar-refractivity contribution in [2.45, 2.75) is 19.9 Å². The summed E-state index contributed by atoms with van der Waals surface area (Å²) in [5.74, 6) is -1.13. The van der Waals surface area contributed by atoms with Gasteiger partial charge in [-0.25, -0.2) is 8.78 Å². The zero-order chi connectivity index (χ0) is 14.0. The Kier molecular flexibility index (Phi) is 3.81. The van der Waals surface area contributed by atoms with E-state index in [-0.39, 0.29) is 11.5 Å².